The van der Waals surface area contributed by atoms with Crippen LogP contribution in [-0.2, 0) is 16.1 Å². The van der Waals surface area contributed by atoms with E-state index in [4.69, 9.17) is 9.90 Å². The van der Waals surface area contributed by atoms with Crippen molar-refractivity contribution in [3.05, 3.63) is 51.6 Å². The Morgan fingerprint density at radius 3 is 2.71 bits per heavy atom. The molecule has 6 nitrogen and oxygen atoms in total. The predicted molar refractivity (Wildman–Crippen MR) is 112 cm³/mol. The molecule has 168 valence electrons. The number of hydrogen-bond donors (Lipinski definition) is 1. The van der Waals surface area contributed by atoms with Crippen LogP contribution in [0.25, 0.3) is 0 Å². The normalized spacial score (nSPS) is 23.8. The monoisotopic (exact) mass is 473 g/mol. The third-order valence-corrected chi connectivity index (χ3v) is 7.10. The fourth-order valence-corrected chi connectivity index (χ4v) is 5.65. The zero-order valence-electron chi connectivity index (χ0n) is 16.5. The Morgan fingerprint density at radius 1 is 1.42 bits per heavy atom. The molecular weight excluding hydrogens is 451 g/mol. The predicted octanol–water partition coefficient (Wildman–Crippen LogP) is 3.84. The highest BCUT2D eigenvalue weighted by atomic mass is 32.1. The van der Waals surface area contributed by atoms with Crippen molar-refractivity contribution in [2.75, 3.05) is 26.2 Å². The molecule has 4 rings (SSSR count). The molecule has 2 unspecified atom stereocenters. The highest BCUT2D eigenvalue weighted by Gasteiger charge is 2.57. The summed E-state index contributed by atoms with van der Waals surface area (Å²) in [7, 11) is 0. The number of thiophene rings is 1. The molecule has 1 N–H and O–H groups in total. The molecule has 2 aliphatic rings. The van der Waals surface area contributed by atoms with Gasteiger partial charge in [-0.1, -0.05) is 6.08 Å². The maximum Gasteiger partial charge on any atom is 0.490 e. The Labute approximate surface area is 185 Å². The summed E-state index contributed by atoms with van der Waals surface area (Å²) in [4.78, 5) is 31.1. The number of carboxylic acids is 1. The van der Waals surface area contributed by atoms with E-state index in [1.54, 1.807) is 22.7 Å². The largest absolute Gasteiger partial charge is 0.490 e. The third-order valence-electron chi connectivity index (χ3n) is 5.48. The number of nitrogens with zero attached hydrogens (tertiary/aromatic N) is 3. The van der Waals surface area contributed by atoms with Crippen LogP contribution >= 0.6 is 22.7 Å². The van der Waals surface area contributed by atoms with E-state index in [0.717, 1.165) is 37.6 Å². The molecule has 2 saturated heterocycles. The van der Waals surface area contributed by atoms with Gasteiger partial charge in [0.25, 0.3) is 0 Å². The van der Waals surface area contributed by atoms with Crippen LogP contribution in [0, 0.1) is 5.41 Å². The van der Waals surface area contributed by atoms with Crippen LogP contribution in [0.4, 0.5) is 13.2 Å². The van der Waals surface area contributed by atoms with Gasteiger partial charge in [0, 0.05) is 50.2 Å². The lowest BCUT2D eigenvalue weighted by Crippen LogP contribution is -2.39. The van der Waals surface area contributed by atoms with Crippen molar-refractivity contribution in [2.24, 2.45) is 5.41 Å². The molecule has 2 atom stereocenters. The van der Waals surface area contributed by atoms with Gasteiger partial charge in [-0.2, -0.15) is 24.5 Å². The maximum absolute atomic E-state index is 13.2. The molecule has 2 aromatic heterocycles. The minimum absolute atomic E-state index is 0.207. The second-order valence-corrected chi connectivity index (χ2v) is 9.18. The van der Waals surface area contributed by atoms with E-state index < -0.39 is 12.1 Å². The van der Waals surface area contributed by atoms with Gasteiger partial charge < -0.3 is 10.0 Å². The van der Waals surface area contributed by atoms with Gasteiger partial charge in [-0.3, -0.25) is 9.69 Å². The summed E-state index contributed by atoms with van der Waals surface area (Å²) in [6.07, 6.45) is -0.479. The van der Waals surface area contributed by atoms with Crippen molar-refractivity contribution in [2.45, 2.75) is 25.1 Å². The molecule has 0 radical (unpaired) electrons. The molecule has 1 spiro atoms. The summed E-state index contributed by atoms with van der Waals surface area (Å²) in [6.45, 7) is 7.94. The van der Waals surface area contributed by atoms with Gasteiger partial charge in [-0.05, 0) is 28.8 Å². The van der Waals surface area contributed by atoms with Gasteiger partial charge in [0.1, 0.15) is 0 Å². The van der Waals surface area contributed by atoms with Crippen LogP contribution in [0.5, 0.6) is 0 Å². The number of hydrogen-bond acceptors (Lipinski definition) is 6. The molecule has 4 heterocycles. The van der Waals surface area contributed by atoms with Crippen LogP contribution < -0.4 is 0 Å². The van der Waals surface area contributed by atoms with Crippen molar-refractivity contribution in [3.63, 3.8) is 0 Å². The number of likely N-dealkylation sites (tertiary alicyclic amines) is 2. The first-order valence-electron chi connectivity index (χ1n) is 9.50. The molecule has 0 saturated carbocycles. The Balaban J connectivity index is 0.000000339. The number of halogens is 3. The Morgan fingerprint density at radius 2 is 2.16 bits per heavy atom. The van der Waals surface area contributed by atoms with Crippen molar-refractivity contribution in [3.8, 4) is 0 Å². The van der Waals surface area contributed by atoms with E-state index >= 15 is 0 Å². The number of thiazole rings is 1. The van der Waals surface area contributed by atoms with Crippen LogP contribution in [-0.4, -0.2) is 64.1 Å². The number of aliphatic carboxylic acids is 1. The van der Waals surface area contributed by atoms with Crippen LogP contribution in [0.3, 0.4) is 0 Å². The van der Waals surface area contributed by atoms with Crippen molar-refractivity contribution in [1.82, 2.24) is 14.8 Å². The smallest absolute Gasteiger partial charge is 0.475 e. The summed E-state index contributed by atoms with van der Waals surface area (Å²) in [5.41, 5.74) is 1.03. The average Bonchev–Trinajstić information content (AvgIpc) is 3.48. The van der Waals surface area contributed by atoms with Gasteiger partial charge in [-0.15, -0.1) is 17.9 Å². The fraction of sp³-hybridized carbons (Fsp3) is 0.450. The van der Waals surface area contributed by atoms with E-state index in [9.17, 15) is 18.0 Å². The first kappa shape index (κ1) is 23.4. The zero-order chi connectivity index (χ0) is 22.6. The number of alkyl halides is 3. The summed E-state index contributed by atoms with van der Waals surface area (Å²) >= 11 is 3.41. The molecule has 0 bridgehead atoms. The van der Waals surface area contributed by atoms with E-state index in [1.165, 1.54) is 5.56 Å². The number of rotatable bonds is 5. The topological polar surface area (TPSA) is 73.7 Å². The molecule has 0 aromatic carbocycles. The number of carboxylic acid groups (broad SMARTS) is 1. The minimum atomic E-state index is -5.08. The Hall–Kier alpha value is -2.24. The molecule has 2 aliphatic heterocycles. The number of aromatic nitrogens is 1. The summed E-state index contributed by atoms with van der Waals surface area (Å²) in [5.74, 6) is -2.26. The van der Waals surface area contributed by atoms with Gasteiger partial charge in [0.2, 0.25) is 5.91 Å². The lowest BCUT2D eigenvalue weighted by atomic mass is 9.77. The van der Waals surface area contributed by atoms with Gasteiger partial charge in [0.05, 0.1) is 10.4 Å². The highest BCUT2D eigenvalue weighted by molar-refractivity contribution is 7.09. The molecule has 0 aliphatic carbocycles. The van der Waals surface area contributed by atoms with Gasteiger partial charge in [-0.25, -0.2) is 9.78 Å². The lowest BCUT2D eigenvalue weighted by Gasteiger charge is -2.27. The third kappa shape index (κ3) is 5.16. The minimum Gasteiger partial charge on any atom is -0.475 e. The lowest BCUT2D eigenvalue weighted by molar-refractivity contribution is -0.192. The summed E-state index contributed by atoms with van der Waals surface area (Å²) in [6, 6.07) is 2.18. The van der Waals surface area contributed by atoms with Crippen LogP contribution in [0.15, 0.2) is 41.1 Å². The van der Waals surface area contributed by atoms with Crippen LogP contribution in [0.1, 0.15) is 22.9 Å². The molecule has 2 fully saturated rings. The summed E-state index contributed by atoms with van der Waals surface area (Å²) < 4.78 is 31.7. The van der Waals surface area contributed by atoms with Gasteiger partial charge in [0.15, 0.2) is 0 Å². The van der Waals surface area contributed by atoms with E-state index in [-0.39, 0.29) is 17.2 Å². The quantitative estimate of drug-likeness (QED) is 0.668. The van der Waals surface area contributed by atoms with E-state index in [1.807, 2.05) is 22.6 Å². The average molecular weight is 474 g/mol. The van der Waals surface area contributed by atoms with Crippen molar-refractivity contribution >= 4 is 34.6 Å². The first-order chi connectivity index (χ1) is 14.7. The van der Waals surface area contributed by atoms with Crippen molar-refractivity contribution in [1.29, 1.82) is 0 Å². The first-order valence-corrected chi connectivity index (χ1v) is 11.3. The molecule has 11 heteroatoms. The molecule has 31 heavy (non-hydrogen) atoms. The Bertz CT molecular complexity index is 903. The second-order valence-electron chi connectivity index (χ2n) is 7.47. The van der Waals surface area contributed by atoms with Crippen molar-refractivity contribution < 1.29 is 27.9 Å². The van der Waals surface area contributed by atoms with Crippen LogP contribution in [0.2, 0.25) is 0 Å². The number of carbonyl (C=O) groups is 2. The Kier molecular flexibility index (Phi) is 7.17. The van der Waals surface area contributed by atoms with E-state index in [0.29, 0.717) is 6.54 Å². The highest BCUT2D eigenvalue weighted by Crippen LogP contribution is 2.50. The number of carbonyl (C=O) groups excluding carboxylic acids is 1. The van der Waals surface area contributed by atoms with E-state index in [2.05, 4.69) is 33.3 Å². The summed E-state index contributed by atoms with van der Waals surface area (Å²) in [5, 5.41) is 14.6. The van der Waals surface area contributed by atoms with Gasteiger partial charge >= 0.3 is 12.1 Å². The zero-order valence-corrected chi connectivity index (χ0v) is 18.2. The SMILES string of the molecule is C=CCN1CCC2(CN(Cc3ccsc3)CC2c2nccs2)C1=O.O=C(O)C(F)(F)F. The fourth-order valence-electron chi connectivity index (χ4n) is 4.15. The maximum atomic E-state index is 13.2. The second kappa shape index (κ2) is 9.49. The standard InChI is InChI=1S/C18H21N3OS2.C2HF3O2/c1-2-6-21-7-4-18(17(21)22)13-20(10-14-3-8-23-12-14)11-15(18)16-19-5-9-24-16;3-2(4,5)1(6)7/h2-3,5,8-9,12,15H,1,4,6-7,10-11,13H2;(H,6,7). The molecular formula is C20H22F3N3O3S2. The molecule has 1 amide bonds. The number of amides is 1. The molecule has 2 aromatic rings.